The van der Waals surface area contributed by atoms with E-state index in [2.05, 4.69) is 225 Å². The van der Waals surface area contributed by atoms with Gasteiger partial charge in [-0.15, -0.1) is 0 Å². The maximum Gasteiger partial charge on any atom is 0.166 e. The van der Waals surface area contributed by atoms with Crippen molar-refractivity contribution < 1.29 is 0 Å². The van der Waals surface area contributed by atoms with Crippen LogP contribution in [0.25, 0.3) is 123 Å². The largest absolute Gasteiger partial charge is 0.309 e. The molecule has 0 aliphatic rings. The van der Waals surface area contributed by atoms with Crippen molar-refractivity contribution in [3.05, 3.63) is 247 Å². The molecule has 10 aromatic carbocycles. The number of aromatic nitrogens is 5. The molecule has 0 fully saturated rings. The lowest BCUT2D eigenvalue weighted by atomic mass is 9.98. The normalized spacial score (nSPS) is 11.6. The van der Waals surface area contributed by atoms with E-state index in [1.54, 1.807) is 0 Å². The predicted molar refractivity (Wildman–Crippen MR) is 300 cm³/mol. The van der Waals surface area contributed by atoms with E-state index in [1.165, 1.54) is 60.4 Å². The summed E-state index contributed by atoms with van der Waals surface area (Å²) >= 11 is 0. The Kier molecular flexibility index (Phi) is 10.3. The summed E-state index contributed by atoms with van der Waals surface area (Å²) in [6.45, 7) is 8.70. The monoisotopic (exact) mass is 923 g/mol. The fourth-order valence-corrected chi connectivity index (χ4v) is 10.9. The second-order valence-corrected chi connectivity index (χ2v) is 19.2. The first-order chi connectivity index (χ1) is 35.3. The third-order valence-electron chi connectivity index (χ3n) is 14.1. The zero-order chi connectivity index (χ0) is 48.5. The van der Waals surface area contributed by atoms with E-state index >= 15 is 0 Å². The molecule has 0 aliphatic heterocycles. The van der Waals surface area contributed by atoms with Gasteiger partial charge in [0.05, 0.1) is 27.8 Å². The molecular formula is C67H49N5. The van der Waals surface area contributed by atoms with Gasteiger partial charge in [-0.2, -0.15) is 0 Å². The first-order valence-electron chi connectivity index (χ1n) is 24.7. The van der Waals surface area contributed by atoms with Crippen molar-refractivity contribution in [2.45, 2.75) is 27.7 Å². The van der Waals surface area contributed by atoms with E-state index in [1.807, 2.05) is 36.4 Å². The van der Waals surface area contributed by atoms with E-state index in [4.69, 9.17) is 15.0 Å². The smallest absolute Gasteiger partial charge is 0.166 e. The summed E-state index contributed by atoms with van der Waals surface area (Å²) in [6, 6.07) is 81.1. The summed E-state index contributed by atoms with van der Waals surface area (Å²) in [5, 5.41) is 4.77. The van der Waals surface area contributed by atoms with Crippen molar-refractivity contribution in [3.8, 4) is 78.9 Å². The highest BCUT2D eigenvalue weighted by Crippen LogP contribution is 2.42. The van der Waals surface area contributed by atoms with Crippen LogP contribution in [-0.4, -0.2) is 24.1 Å². The molecule has 5 heteroatoms. The second-order valence-electron chi connectivity index (χ2n) is 19.2. The molecule has 0 atom stereocenters. The molecule has 13 aromatic rings. The number of para-hydroxylation sites is 2. The van der Waals surface area contributed by atoms with Crippen molar-refractivity contribution in [1.29, 1.82) is 0 Å². The highest BCUT2D eigenvalue weighted by molar-refractivity contribution is 6.12. The standard InChI is InChI=1S/C67H49N5/c1-42-32-43(2)35-52(34-42)50-25-29-57-58-30-26-51(53-36-44(3)33-45(4)37-53)41-64(58)72(63(57)40-50)61-31-27-48(49-24-28-56-55-22-14-15-23-60(55)71(62(56)39-49)54-20-12-7-13-21-54)38-59(61)67-69-65(46-16-8-5-9-17-46)68-66(70-67)47-18-10-6-11-19-47/h5-41H,1-4H3. The number of hydrogen-bond donors (Lipinski definition) is 0. The van der Waals surface area contributed by atoms with Crippen molar-refractivity contribution in [1.82, 2.24) is 24.1 Å². The third kappa shape index (κ3) is 7.54. The Morgan fingerprint density at radius 3 is 1.17 bits per heavy atom. The molecule has 0 saturated carbocycles. The van der Waals surface area contributed by atoms with Crippen molar-refractivity contribution in [3.63, 3.8) is 0 Å². The van der Waals surface area contributed by atoms with E-state index in [9.17, 15) is 0 Å². The van der Waals surface area contributed by atoms with Gasteiger partial charge in [-0.25, -0.2) is 15.0 Å². The molecule has 0 bridgehead atoms. The lowest BCUT2D eigenvalue weighted by Crippen LogP contribution is -2.04. The van der Waals surface area contributed by atoms with Crippen LogP contribution in [0.3, 0.4) is 0 Å². The number of nitrogens with zero attached hydrogens (tertiary/aromatic N) is 5. The second kappa shape index (κ2) is 17.3. The molecule has 0 aliphatic carbocycles. The summed E-state index contributed by atoms with van der Waals surface area (Å²) < 4.78 is 4.83. The molecule has 13 rings (SSSR count). The summed E-state index contributed by atoms with van der Waals surface area (Å²) in [5.74, 6) is 1.81. The quantitative estimate of drug-likeness (QED) is 0.153. The maximum atomic E-state index is 5.43. The Balaban J connectivity index is 1.12. The Morgan fingerprint density at radius 2 is 0.653 bits per heavy atom. The van der Waals surface area contributed by atoms with Crippen LogP contribution in [0.5, 0.6) is 0 Å². The fraction of sp³-hybridized carbons (Fsp3) is 0.0597. The highest BCUT2D eigenvalue weighted by Gasteiger charge is 2.23. The predicted octanol–water partition coefficient (Wildman–Crippen LogP) is 17.3. The number of benzene rings is 10. The van der Waals surface area contributed by atoms with E-state index in [-0.39, 0.29) is 0 Å². The zero-order valence-electron chi connectivity index (χ0n) is 40.6. The SMILES string of the molecule is Cc1cc(C)cc(-c2ccc3c4ccc(-c5cc(C)cc(C)c5)cc4n(-c4ccc(-c5ccc6c7ccccc7n(-c7ccccc7)c6c5)cc4-c4nc(-c5ccccc5)nc(-c5ccccc5)n4)c3c2)c1. The van der Waals surface area contributed by atoms with Crippen LogP contribution in [0.2, 0.25) is 0 Å². The molecule has 0 unspecified atom stereocenters. The molecule has 0 amide bonds. The van der Waals surface area contributed by atoms with Gasteiger partial charge in [0, 0.05) is 43.9 Å². The summed E-state index contributed by atoms with van der Waals surface area (Å²) in [5.41, 5.74) is 21.1. The number of rotatable bonds is 8. The number of hydrogen-bond acceptors (Lipinski definition) is 3. The molecule has 342 valence electrons. The third-order valence-corrected chi connectivity index (χ3v) is 14.1. The molecule has 0 saturated heterocycles. The number of aryl methyl sites for hydroxylation is 4. The fourth-order valence-electron chi connectivity index (χ4n) is 10.9. The van der Waals surface area contributed by atoms with Crippen LogP contribution < -0.4 is 0 Å². The average molecular weight is 924 g/mol. The Hall–Kier alpha value is -9.19. The van der Waals surface area contributed by atoms with Crippen molar-refractivity contribution in [2.75, 3.05) is 0 Å². The zero-order valence-corrected chi connectivity index (χ0v) is 40.6. The van der Waals surface area contributed by atoms with Crippen LogP contribution in [0.1, 0.15) is 22.3 Å². The summed E-state index contributed by atoms with van der Waals surface area (Å²) in [7, 11) is 0. The molecule has 0 spiro atoms. The van der Waals surface area contributed by atoms with Crippen LogP contribution in [0, 0.1) is 27.7 Å². The minimum atomic E-state index is 0.588. The van der Waals surface area contributed by atoms with Gasteiger partial charge >= 0.3 is 0 Å². The van der Waals surface area contributed by atoms with Gasteiger partial charge < -0.3 is 9.13 Å². The highest BCUT2D eigenvalue weighted by atomic mass is 15.1. The first-order valence-corrected chi connectivity index (χ1v) is 24.7. The van der Waals surface area contributed by atoms with Crippen molar-refractivity contribution >= 4 is 43.6 Å². The molecule has 72 heavy (non-hydrogen) atoms. The van der Waals surface area contributed by atoms with Gasteiger partial charge in [-0.3, -0.25) is 0 Å². The number of fused-ring (bicyclic) bond motifs is 6. The van der Waals surface area contributed by atoms with E-state index in [0.29, 0.717) is 17.5 Å². The van der Waals surface area contributed by atoms with Crippen LogP contribution >= 0.6 is 0 Å². The first kappa shape index (κ1) is 42.9. The van der Waals surface area contributed by atoms with Gasteiger partial charge in [0.2, 0.25) is 0 Å². The summed E-state index contributed by atoms with van der Waals surface area (Å²) in [4.78, 5) is 16.0. The topological polar surface area (TPSA) is 48.5 Å². The van der Waals surface area contributed by atoms with Gasteiger partial charge in [-0.1, -0.05) is 198 Å². The molecule has 0 N–H and O–H groups in total. The van der Waals surface area contributed by atoms with Crippen molar-refractivity contribution in [2.24, 2.45) is 0 Å². The maximum absolute atomic E-state index is 5.43. The summed E-state index contributed by atoms with van der Waals surface area (Å²) in [6.07, 6.45) is 0. The van der Waals surface area contributed by atoms with Gasteiger partial charge in [0.15, 0.2) is 17.5 Å². The minimum absolute atomic E-state index is 0.588. The van der Waals surface area contributed by atoms with Gasteiger partial charge in [-0.05, 0) is 110 Å². The molecule has 5 nitrogen and oxygen atoms in total. The Morgan fingerprint density at radius 1 is 0.264 bits per heavy atom. The molecular weight excluding hydrogens is 875 g/mol. The van der Waals surface area contributed by atoms with E-state index in [0.717, 1.165) is 66.9 Å². The lowest BCUT2D eigenvalue weighted by Gasteiger charge is -2.17. The average Bonchev–Trinajstić information content (AvgIpc) is 3.92. The minimum Gasteiger partial charge on any atom is -0.309 e. The molecule has 3 aromatic heterocycles. The molecule has 0 radical (unpaired) electrons. The van der Waals surface area contributed by atoms with E-state index < -0.39 is 0 Å². The molecule has 3 heterocycles. The Labute approximate surface area is 419 Å². The van der Waals surface area contributed by atoms with Gasteiger partial charge in [0.1, 0.15) is 0 Å². The lowest BCUT2D eigenvalue weighted by molar-refractivity contribution is 1.06. The van der Waals surface area contributed by atoms with Crippen LogP contribution in [-0.2, 0) is 0 Å². The van der Waals surface area contributed by atoms with Gasteiger partial charge in [0.25, 0.3) is 0 Å². The van der Waals surface area contributed by atoms with Crippen LogP contribution in [0.15, 0.2) is 224 Å². The Bertz CT molecular complexity index is 4030. The van der Waals surface area contributed by atoms with Crippen LogP contribution in [0.4, 0.5) is 0 Å².